The van der Waals surface area contributed by atoms with Crippen molar-refractivity contribution in [2.24, 2.45) is 7.05 Å². The van der Waals surface area contributed by atoms with Crippen LogP contribution in [-0.4, -0.2) is 56.9 Å². The monoisotopic (exact) mass is 419 g/mol. The molecule has 2 aliphatic rings. The number of rotatable bonds is 4. The Morgan fingerprint density at radius 1 is 0.968 bits per heavy atom. The maximum Gasteiger partial charge on any atom is 0.229 e. The van der Waals surface area contributed by atoms with Crippen molar-refractivity contribution in [3.63, 3.8) is 0 Å². The minimum atomic E-state index is 0.776. The third-order valence-corrected chi connectivity index (χ3v) is 6.90. The molecule has 0 radical (unpaired) electrons. The highest BCUT2D eigenvalue weighted by atomic mass is 15.4. The molecule has 0 amide bonds. The third-order valence-electron chi connectivity index (χ3n) is 6.90. The van der Waals surface area contributed by atoms with Gasteiger partial charge in [-0.1, -0.05) is 37.0 Å². The standard InChI is InChI=1S/C24H33N7/c1-17-9-10-21(18(2)15-17)26-22-20-16-25-29(3)23(20)28-24(27-22)31-13-11-30(12-14-31)19-7-5-4-6-8-19/h9-10,15-16,19H,4-8,11-14H2,1-3H3,(H,26,27,28). The van der Waals surface area contributed by atoms with Crippen LogP contribution in [0.25, 0.3) is 11.0 Å². The molecule has 1 N–H and O–H groups in total. The Morgan fingerprint density at radius 3 is 2.48 bits per heavy atom. The summed E-state index contributed by atoms with van der Waals surface area (Å²) in [4.78, 5) is 14.9. The number of fused-ring (bicyclic) bond motifs is 1. The summed E-state index contributed by atoms with van der Waals surface area (Å²) in [5, 5.41) is 8.95. The van der Waals surface area contributed by atoms with Crippen LogP contribution in [0.1, 0.15) is 43.2 Å². The molecule has 1 aromatic carbocycles. The Balaban J connectivity index is 1.40. The van der Waals surface area contributed by atoms with E-state index in [1.807, 2.05) is 17.9 Å². The molecule has 1 aliphatic carbocycles. The fourth-order valence-electron chi connectivity index (χ4n) is 5.06. The van der Waals surface area contributed by atoms with Crippen LogP contribution in [0.5, 0.6) is 0 Å². The van der Waals surface area contributed by atoms with Gasteiger partial charge in [-0.3, -0.25) is 9.58 Å². The first-order valence-electron chi connectivity index (χ1n) is 11.6. The summed E-state index contributed by atoms with van der Waals surface area (Å²) < 4.78 is 1.84. The Labute approximate surface area is 184 Å². The number of piperazine rings is 1. The summed E-state index contributed by atoms with van der Waals surface area (Å²) in [5.41, 5.74) is 4.40. The van der Waals surface area contributed by atoms with Crippen LogP contribution in [0.2, 0.25) is 0 Å². The fourth-order valence-corrected chi connectivity index (χ4v) is 5.06. The summed E-state index contributed by atoms with van der Waals surface area (Å²) in [7, 11) is 1.95. The molecule has 164 valence electrons. The van der Waals surface area contributed by atoms with Gasteiger partial charge in [-0.15, -0.1) is 0 Å². The number of hydrogen-bond donors (Lipinski definition) is 1. The highest BCUT2D eigenvalue weighted by molar-refractivity contribution is 5.89. The first kappa shape index (κ1) is 20.2. The third kappa shape index (κ3) is 4.11. The zero-order valence-corrected chi connectivity index (χ0v) is 18.9. The maximum atomic E-state index is 4.97. The molecule has 2 fully saturated rings. The van der Waals surface area contributed by atoms with Gasteiger partial charge in [-0.05, 0) is 38.3 Å². The Bertz CT molecular complexity index is 1060. The van der Waals surface area contributed by atoms with Crippen molar-refractivity contribution in [1.29, 1.82) is 0 Å². The summed E-state index contributed by atoms with van der Waals surface area (Å²) in [6.45, 7) is 8.38. The molecule has 0 spiro atoms. The first-order valence-corrected chi connectivity index (χ1v) is 11.6. The molecule has 0 unspecified atom stereocenters. The second kappa shape index (κ2) is 8.46. The minimum Gasteiger partial charge on any atom is -0.339 e. The molecule has 0 bridgehead atoms. The van der Waals surface area contributed by atoms with Gasteiger partial charge in [0.15, 0.2) is 5.65 Å². The Hall–Kier alpha value is -2.67. The summed E-state index contributed by atoms with van der Waals surface area (Å²) in [6, 6.07) is 7.22. The molecule has 2 aromatic heterocycles. The van der Waals surface area contributed by atoms with E-state index in [1.165, 1.54) is 43.2 Å². The van der Waals surface area contributed by atoms with Crippen molar-refractivity contribution in [3.05, 3.63) is 35.5 Å². The smallest absolute Gasteiger partial charge is 0.229 e. The lowest BCUT2D eigenvalue weighted by molar-refractivity contribution is 0.147. The number of aryl methyl sites for hydroxylation is 3. The van der Waals surface area contributed by atoms with E-state index in [0.717, 1.165) is 60.7 Å². The largest absolute Gasteiger partial charge is 0.339 e. The SMILES string of the molecule is Cc1ccc(Nc2nc(N3CCN(C4CCCCC4)CC3)nc3c2cnn3C)c(C)c1. The predicted octanol–water partition coefficient (Wildman–Crippen LogP) is 4.18. The van der Waals surface area contributed by atoms with Gasteiger partial charge in [0.25, 0.3) is 0 Å². The molecule has 7 heteroatoms. The lowest BCUT2D eigenvalue weighted by Crippen LogP contribution is -2.51. The van der Waals surface area contributed by atoms with Gasteiger partial charge in [0.2, 0.25) is 5.95 Å². The maximum absolute atomic E-state index is 4.97. The minimum absolute atomic E-state index is 0.776. The molecule has 3 aromatic rings. The van der Waals surface area contributed by atoms with Crippen LogP contribution in [-0.2, 0) is 7.05 Å². The van der Waals surface area contributed by atoms with Crippen molar-refractivity contribution in [1.82, 2.24) is 24.6 Å². The topological polar surface area (TPSA) is 62.1 Å². The van der Waals surface area contributed by atoms with Crippen LogP contribution in [0, 0.1) is 13.8 Å². The molecular weight excluding hydrogens is 386 g/mol. The molecule has 5 rings (SSSR count). The number of nitrogens with one attached hydrogen (secondary N) is 1. The molecule has 31 heavy (non-hydrogen) atoms. The van der Waals surface area contributed by atoms with Gasteiger partial charge in [0, 0.05) is 45.0 Å². The Morgan fingerprint density at radius 2 is 1.74 bits per heavy atom. The summed E-state index contributed by atoms with van der Waals surface area (Å²) >= 11 is 0. The van der Waals surface area contributed by atoms with Crippen LogP contribution in [0.3, 0.4) is 0 Å². The van der Waals surface area contributed by atoms with Crippen LogP contribution in [0.4, 0.5) is 17.5 Å². The van der Waals surface area contributed by atoms with Gasteiger partial charge in [0.05, 0.1) is 11.6 Å². The van der Waals surface area contributed by atoms with E-state index < -0.39 is 0 Å². The van der Waals surface area contributed by atoms with Crippen molar-refractivity contribution < 1.29 is 0 Å². The van der Waals surface area contributed by atoms with E-state index in [-0.39, 0.29) is 0 Å². The highest BCUT2D eigenvalue weighted by Crippen LogP contribution is 2.29. The number of aromatic nitrogens is 4. The molecular formula is C24H33N7. The van der Waals surface area contributed by atoms with Gasteiger partial charge >= 0.3 is 0 Å². The van der Waals surface area contributed by atoms with Gasteiger partial charge < -0.3 is 10.2 Å². The van der Waals surface area contributed by atoms with Crippen molar-refractivity contribution in [2.75, 3.05) is 36.4 Å². The molecule has 0 atom stereocenters. The zero-order valence-electron chi connectivity index (χ0n) is 18.9. The van der Waals surface area contributed by atoms with Crippen LogP contribution < -0.4 is 10.2 Å². The average Bonchev–Trinajstić information content (AvgIpc) is 3.17. The fraction of sp³-hybridized carbons (Fsp3) is 0.542. The zero-order chi connectivity index (χ0) is 21.4. The van der Waals surface area contributed by atoms with Crippen molar-refractivity contribution in [3.8, 4) is 0 Å². The predicted molar refractivity (Wildman–Crippen MR) is 126 cm³/mol. The Kier molecular flexibility index (Phi) is 5.52. The van der Waals surface area contributed by atoms with E-state index in [1.54, 1.807) is 0 Å². The van der Waals surface area contributed by atoms with Gasteiger partial charge in [0.1, 0.15) is 5.82 Å². The second-order valence-electron chi connectivity index (χ2n) is 9.14. The second-order valence-corrected chi connectivity index (χ2v) is 9.14. The van der Waals surface area contributed by atoms with E-state index in [4.69, 9.17) is 9.97 Å². The number of nitrogens with zero attached hydrogens (tertiary/aromatic N) is 6. The number of hydrogen-bond acceptors (Lipinski definition) is 6. The van der Waals surface area contributed by atoms with E-state index in [2.05, 4.69) is 52.3 Å². The lowest BCUT2D eigenvalue weighted by atomic mass is 9.94. The molecule has 1 saturated carbocycles. The van der Waals surface area contributed by atoms with Crippen LogP contribution in [0.15, 0.2) is 24.4 Å². The highest BCUT2D eigenvalue weighted by Gasteiger charge is 2.27. The molecule has 1 aliphatic heterocycles. The summed E-state index contributed by atoms with van der Waals surface area (Å²) in [6.07, 6.45) is 8.76. The van der Waals surface area contributed by atoms with Gasteiger partial charge in [-0.25, -0.2) is 0 Å². The molecule has 7 nitrogen and oxygen atoms in total. The molecule has 3 heterocycles. The van der Waals surface area contributed by atoms with Gasteiger partial charge in [-0.2, -0.15) is 15.1 Å². The lowest BCUT2D eigenvalue weighted by Gasteiger charge is -2.40. The quantitative estimate of drug-likeness (QED) is 0.685. The van der Waals surface area contributed by atoms with Crippen molar-refractivity contribution in [2.45, 2.75) is 52.0 Å². The van der Waals surface area contributed by atoms with Crippen LogP contribution >= 0.6 is 0 Å². The number of benzene rings is 1. The summed E-state index contributed by atoms with van der Waals surface area (Å²) in [5.74, 6) is 1.63. The van der Waals surface area contributed by atoms with E-state index in [9.17, 15) is 0 Å². The normalized spacial score (nSPS) is 18.6. The first-order chi connectivity index (χ1) is 15.1. The van der Waals surface area contributed by atoms with E-state index >= 15 is 0 Å². The molecule has 1 saturated heterocycles. The van der Waals surface area contributed by atoms with E-state index in [0.29, 0.717) is 0 Å². The average molecular weight is 420 g/mol. The number of anilines is 3. The van der Waals surface area contributed by atoms with Crippen molar-refractivity contribution >= 4 is 28.5 Å².